The van der Waals surface area contributed by atoms with Gasteiger partial charge in [-0.3, -0.25) is 14.6 Å². The number of halogens is 1. The lowest BCUT2D eigenvalue weighted by Crippen LogP contribution is -2.47. The minimum absolute atomic E-state index is 0.0788. The van der Waals surface area contributed by atoms with Gasteiger partial charge in [0, 0.05) is 53.1 Å². The second-order valence-electron chi connectivity index (χ2n) is 11.0. The molecule has 39 heavy (non-hydrogen) atoms. The van der Waals surface area contributed by atoms with Crippen LogP contribution in [-0.2, 0) is 21.5 Å². The number of aliphatic imine (C=N–C) groups is 1. The molecule has 0 saturated heterocycles. The van der Waals surface area contributed by atoms with Gasteiger partial charge >= 0.3 is 0 Å². The van der Waals surface area contributed by atoms with Crippen molar-refractivity contribution in [3.05, 3.63) is 88.9 Å². The molecule has 1 aliphatic carbocycles. The molecule has 2 heterocycles. The summed E-state index contributed by atoms with van der Waals surface area (Å²) in [4.78, 5) is 29.0. The highest BCUT2D eigenvalue weighted by Crippen LogP contribution is 2.44. The molecular weight excluding hydrogens is 493 g/mol. The molecule has 198 valence electrons. The van der Waals surface area contributed by atoms with Crippen molar-refractivity contribution < 1.29 is 18.7 Å². The Balaban J connectivity index is 1.56. The molecule has 1 fully saturated rings. The molecule has 0 unspecified atom stereocenters. The first-order chi connectivity index (χ1) is 18.8. The molecule has 6 nitrogen and oxygen atoms in total. The molecule has 1 atom stereocenters. The van der Waals surface area contributed by atoms with Crippen LogP contribution in [0.5, 0.6) is 0 Å². The van der Waals surface area contributed by atoms with E-state index in [1.807, 2.05) is 18.3 Å². The lowest BCUT2D eigenvalue weighted by molar-refractivity contribution is -0.126. The van der Waals surface area contributed by atoms with E-state index in [4.69, 9.17) is 4.74 Å². The second-order valence-corrected chi connectivity index (χ2v) is 11.0. The van der Waals surface area contributed by atoms with Crippen LogP contribution in [0.1, 0.15) is 53.9 Å². The number of benzene rings is 3. The highest BCUT2D eigenvalue weighted by atomic mass is 19.1. The fourth-order valence-corrected chi connectivity index (χ4v) is 5.70. The van der Waals surface area contributed by atoms with Gasteiger partial charge in [-0.25, -0.2) is 4.39 Å². The molecule has 1 aromatic heterocycles. The first kappa shape index (κ1) is 25.2. The highest BCUT2D eigenvalue weighted by Gasteiger charge is 2.33. The minimum atomic E-state index is -0.420. The molecule has 3 aromatic carbocycles. The van der Waals surface area contributed by atoms with Crippen LogP contribution in [-0.4, -0.2) is 42.2 Å². The summed E-state index contributed by atoms with van der Waals surface area (Å²) in [6.07, 6.45) is 3.12. The number of carbonyl (C=O) groups is 2. The van der Waals surface area contributed by atoms with E-state index in [9.17, 15) is 14.0 Å². The van der Waals surface area contributed by atoms with E-state index in [2.05, 4.69) is 40.9 Å². The van der Waals surface area contributed by atoms with Crippen LogP contribution in [0.25, 0.3) is 27.7 Å². The number of fused-ring (bicyclic) bond motifs is 2. The summed E-state index contributed by atoms with van der Waals surface area (Å²) < 4.78 is 21.8. The monoisotopic (exact) mass is 523 g/mol. The fourth-order valence-electron chi connectivity index (χ4n) is 5.70. The highest BCUT2D eigenvalue weighted by molar-refractivity contribution is 6.04. The maximum Gasteiger partial charge on any atom is 0.251 e. The molecule has 4 aromatic rings. The zero-order chi connectivity index (χ0) is 27.3. The number of rotatable bonds is 7. The predicted octanol–water partition coefficient (Wildman–Crippen LogP) is 5.75. The van der Waals surface area contributed by atoms with E-state index in [0.717, 1.165) is 44.5 Å². The largest absolute Gasteiger partial charge is 0.384 e. The van der Waals surface area contributed by atoms with Crippen molar-refractivity contribution in [2.24, 2.45) is 4.99 Å². The summed E-state index contributed by atoms with van der Waals surface area (Å²) in [5.41, 5.74) is 7.17. The number of carbonyl (C=O) groups excluding carboxylic acids is 2. The Kier molecular flexibility index (Phi) is 6.19. The van der Waals surface area contributed by atoms with Gasteiger partial charge in [-0.1, -0.05) is 26.0 Å². The summed E-state index contributed by atoms with van der Waals surface area (Å²) in [5.74, 6) is -0.461. The van der Waals surface area contributed by atoms with Crippen LogP contribution in [0.15, 0.2) is 65.7 Å². The maximum atomic E-state index is 14.0. The Hall–Kier alpha value is -4.10. The van der Waals surface area contributed by atoms with Crippen LogP contribution in [0.3, 0.4) is 0 Å². The van der Waals surface area contributed by atoms with Gasteiger partial charge in [0.15, 0.2) is 5.78 Å². The molecule has 1 aliphatic heterocycles. The first-order valence-corrected chi connectivity index (χ1v) is 13.2. The van der Waals surface area contributed by atoms with Gasteiger partial charge in [0.25, 0.3) is 5.91 Å². The number of aromatic nitrogens is 1. The molecule has 0 spiro atoms. The zero-order valence-corrected chi connectivity index (χ0v) is 22.3. The van der Waals surface area contributed by atoms with Gasteiger partial charge in [-0.05, 0) is 71.6 Å². The molecule has 7 heteroatoms. The van der Waals surface area contributed by atoms with Crippen molar-refractivity contribution in [2.75, 3.05) is 13.7 Å². The summed E-state index contributed by atoms with van der Waals surface area (Å²) in [5, 5.41) is 3.88. The van der Waals surface area contributed by atoms with Gasteiger partial charge in [0.05, 0.1) is 24.7 Å². The van der Waals surface area contributed by atoms with E-state index in [0.29, 0.717) is 31.6 Å². The molecular formula is C32H30FN3O3. The third-order valence-electron chi connectivity index (χ3n) is 7.76. The van der Waals surface area contributed by atoms with Crippen LogP contribution in [0.2, 0.25) is 0 Å². The Labute approximate surface area is 226 Å². The molecule has 0 bridgehead atoms. The van der Waals surface area contributed by atoms with Crippen molar-refractivity contribution >= 4 is 28.8 Å². The van der Waals surface area contributed by atoms with Crippen LogP contribution < -0.4 is 5.32 Å². The molecule has 1 N–H and O–H groups in total. The molecule has 2 aliphatic rings. The number of nitrogens with one attached hydrogen (secondary N) is 1. The van der Waals surface area contributed by atoms with Gasteiger partial charge < -0.3 is 14.6 Å². The van der Waals surface area contributed by atoms with Gasteiger partial charge in [0.2, 0.25) is 0 Å². The number of ether oxygens (including phenoxy) is 1. The van der Waals surface area contributed by atoms with Crippen molar-refractivity contribution in [3.8, 4) is 16.8 Å². The number of Topliss-reactive ketones (excluding diaryl/α,β-unsaturated/α-hetero) is 1. The Bertz CT molecular complexity index is 1630. The van der Waals surface area contributed by atoms with Crippen molar-refractivity contribution in [2.45, 2.75) is 44.7 Å². The second kappa shape index (κ2) is 9.58. The van der Waals surface area contributed by atoms with Crippen molar-refractivity contribution in [1.82, 2.24) is 9.88 Å². The quantitative estimate of drug-likeness (QED) is 0.335. The van der Waals surface area contributed by atoms with Crippen molar-refractivity contribution in [1.29, 1.82) is 0 Å². The topological polar surface area (TPSA) is 72.7 Å². The SMILES string of the molecule is COCC(C)(C)c1c(-c2ccc(C(=O)N[C@H]3CCC3=O)cc2)c2cc3c(cc2n1-c1ccc(F)cc1)C=NC3. The van der Waals surface area contributed by atoms with Crippen LogP contribution in [0.4, 0.5) is 4.39 Å². The number of methoxy groups -OCH3 is 1. The first-order valence-electron chi connectivity index (χ1n) is 13.2. The number of hydrogen-bond donors (Lipinski definition) is 1. The van der Waals surface area contributed by atoms with Gasteiger partial charge in [-0.15, -0.1) is 0 Å². The van der Waals surface area contributed by atoms with Crippen molar-refractivity contribution in [3.63, 3.8) is 0 Å². The van der Waals surface area contributed by atoms with E-state index < -0.39 is 5.41 Å². The number of nitrogens with zero attached hydrogens (tertiary/aromatic N) is 2. The van der Waals surface area contributed by atoms with Gasteiger partial charge in [0.1, 0.15) is 5.82 Å². The van der Waals surface area contributed by atoms with E-state index in [1.165, 1.54) is 12.1 Å². The maximum absolute atomic E-state index is 14.0. The smallest absolute Gasteiger partial charge is 0.251 e. The summed E-state index contributed by atoms with van der Waals surface area (Å²) >= 11 is 0. The third kappa shape index (κ3) is 4.36. The Morgan fingerprint density at radius 1 is 1.13 bits per heavy atom. The normalized spacial score (nSPS) is 16.4. The zero-order valence-electron chi connectivity index (χ0n) is 22.3. The minimum Gasteiger partial charge on any atom is -0.384 e. The van der Waals surface area contributed by atoms with Crippen LogP contribution >= 0.6 is 0 Å². The Morgan fingerprint density at radius 2 is 1.87 bits per heavy atom. The molecule has 6 rings (SSSR count). The number of amides is 1. The summed E-state index contributed by atoms with van der Waals surface area (Å²) in [6, 6.07) is 18.0. The molecule has 1 saturated carbocycles. The molecule has 0 radical (unpaired) electrons. The fraction of sp³-hybridized carbons (Fsp3) is 0.281. The standard InChI is InChI=1S/C32H30FN3O3/c1-32(2,18-39-3)30-29(19-4-6-20(7-5-19)31(38)35-26-12-13-28(26)37)25-14-21-16-34-17-22(21)15-27(25)36(30)24-10-8-23(33)9-11-24/h4-11,14-15,17,26H,12-13,16,18H2,1-3H3,(H,35,38)/t26-/m0/s1. The number of hydrogen-bond acceptors (Lipinski definition) is 4. The van der Waals surface area contributed by atoms with E-state index in [1.54, 1.807) is 31.4 Å². The average Bonchev–Trinajstić information content (AvgIpc) is 3.52. The lowest BCUT2D eigenvalue weighted by Gasteiger charge is -2.28. The molecule has 1 amide bonds. The third-order valence-corrected chi connectivity index (χ3v) is 7.76. The Morgan fingerprint density at radius 3 is 2.51 bits per heavy atom. The average molecular weight is 524 g/mol. The van der Waals surface area contributed by atoms with Gasteiger partial charge in [-0.2, -0.15) is 0 Å². The van der Waals surface area contributed by atoms with E-state index >= 15 is 0 Å². The number of ketones is 1. The summed E-state index contributed by atoms with van der Waals surface area (Å²) in [6.45, 7) is 5.37. The van der Waals surface area contributed by atoms with Crippen LogP contribution in [0, 0.1) is 5.82 Å². The lowest BCUT2D eigenvalue weighted by atomic mass is 9.84. The van der Waals surface area contributed by atoms with E-state index in [-0.39, 0.29) is 23.5 Å². The summed E-state index contributed by atoms with van der Waals surface area (Å²) in [7, 11) is 1.69. The predicted molar refractivity (Wildman–Crippen MR) is 150 cm³/mol.